The highest BCUT2D eigenvalue weighted by Gasteiger charge is 2.36. The lowest BCUT2D eigenvalue weighted by Gasteiger charge is -2.20. The molecule has 0 saturated carbocycles. The van der Waals surface area contributed by atoms with Gasteiger partial charge in [0.25, 0.3) is 0 Å². The van der Waals surface area contributed by atoms with E-state index in [1.54, 1.807) is 24.3 Å². The molecule has 0 bridgehead atoms. The standard InChI is InChI=1S/C19H20N2O5S/c1-26-19(23)14-8-7-13(11-15(14)12-5-3-2-4-6-12)27(24,25)18(20)16-9-10-17(22)21-16/h2-8,11,16,18H,9-10,20H2,1H3,(H,21,22)/t16-,18?/m0/s1. The van der Waals surface area contributed by atoms with Crippen molar-refractivity contribution < 1.29 is 22.7 Å². The van der Waals surface area contributed by atoms with Crippen molar-refractivity contribution in [2.45, 2.75) is 29.2 Å². The fourth-order valence-electron chi connectivity index (χ4n) is 3.10. The zero-order chi connectivity index (χ0) is 19.6. The van der Waals surface area contributed by atoms with E-state index >= 15 is 0 Å². The SMILES string of the molecule is COC(=O)c1ccc(S(=O)(=O)C(N)[C@@H]2CCC(=O)N2)cc1-c1ccccc1. The summed E-state index contributed by atoms with van der Waals surface area (Å²) in [6.07, 6.45) is 0.620. The van der Waals surface area contributed by atoms with E-state index in [1.165, 1.54) is 25.3 Å². The third-order valence-corrected chi connectivity index (χ3v) is 6.55. The lowest BCUT2D eigenvalue weighted by atomic mass is 10.00. The molecule has 7 nitrogen and oxygen atoms in total. The van der Waals surface area contributed by atoms with E-state index in [0.717, 1.165) is 0 Å². The summed E-state index contributed by atoms with van der Waals surface area (Å²) in [6, 6.07) is 12.5. The van der Waals surface area contributed by atoms with Gasteiger partial charge in [0, 0.05) is 6.42 Å². The Morgan fingerprint density at radius 3 is 2.52 bits per heavy atom. The van der Waals surface area contributed by atoms with Crippen molar-refractivity contribution in [3.8, 4) is 11.1 Å². The van der Waals surface area contributed by atoms with Gasteiger partial charge >= 0.3 is 5.97 Å². The summed E-state index contributed by atoms with van der Waals surface area (Å²) in [4.78, 5) is 23.5. The maximum atomic E-state index is 13.0. The third kappa shape index (κ3) is 3.72. The van der Waals surface area contributed by atoms with E-state index < -0.39 is 27.2 Å². The molecule has 2 atom stereocenters. The highest BCUT2D eigenvalue weighted by atomic mass is 32.2. The number of carbonyl (C=O) groups excluding carboxylic acids is 2. The maximum absolute atomic E-state index is 13.0. The zero-order valence-electron chi connectivity index (χ0n) is 14.7. The first-order valence-electron chi connectivity index (χ1n) is 8.41. The molecular weight excluding hydrogens is 368 g/mol. The molecule has 1 fully saturated rings. The Labute approximate surface area is 157 Å². The molecule has 27 heavy (non-hydrogen) atoms. The number of sulfone groups is 1. The molecule has 1 aliphatic heterocycles. The molecule has 2 aromatic carbocycles. The number of esters is 1. The van der Waals surface area contributed by atoms with Gasteiger partial charge in [0.15, 0.2) is 9.84 Å². The molecule has 1 saturated heterocycles. The third-order valence-electron chi connectivity index (χ3n) is 4.59. The first kappa shape index (κ1) is 19.1. The quantitative estimate of drug-likeness (QED) is 0.750. The fraction of sp³-hybridized carbons (Fsp3) is 0.263. The Bertz CT molecular complexity index is 973. The van der Waals surface area contributed by atoms with Crippen LogP contribution in [0.4, 0.5) is 0 Å². The van der Waals surface area contributed by atoms with Gasteiger partial charge in [-0.2, -0.15) is 0 Å². The van der Waals surface area contributed by atoms with Crippen LogP contribution in [-0.4, -0.2) is 38.8 Å². The van der Waals surface area contributed by atoms with E-state index in [2.05, 4.69) is 5.32 Å². The summed E-state index contributed by atoms with van der Waals surface area (Å²) in [5.74, 6) is -0.776. The average Bonchev–Trinajstić information content (AvgIpc) is 3.13. The number of rotatable bonds is 5. The Balaban J connectivity index is 2.06. The van der Waals surface area contributed by atoms with Crippen molar-refractivity contribution in [3.05, 3.63) is 54.1 Å². The number of ether oxygens (including phenoxy) is 1. The van der Waals surface area contributed by atoms with Gasteiger partial charge in [0.2, 0.25) is 5.91 Å². The molecule has 0 spiro atoms. The normalized spacial score (nSPS) is 18.0. The van der Waals surface area contributed by atoms with E-state index in [-0.39, 0.29) is 22.8 Å². The van der Waals surface area contributed by atoms with Crippen molar-refractivity contribution >= 4 is 21.7 Å². The van der Waals surface area contributed by atoms with Crippen LogP contribution in [-0.2, 0) is 19.4 Å². The van der Waals surface area contributed by atoms with E-state index in [9.17, 15) is 18.0 Å². The molecule has 1 aliphatic rings. The van der Waals surface area contributed by atoms with Gasteiger partial charge in [-0.3, -0.25) is 4.79 Å². The number of hydrogen-bond donors (Lipinski definition) is 2. The minimum absolute atomic E-state index is 0.0114. The molecule has 0 aliphatic carbocycles. The van der Waals surface area contributed by atoms with Crippen molar-refractivity contribution in [3.63, 3.8) is 0 Å². The number of amides is 1. The minimum Gasteiger partial charge on any atom is -0.465 e. The molecule has 1 heterocycles. The Morgan fingerprint density at radius 1 is 1.22 bits per heavy atom. The van der Waals surface area contributed by atoms with E-state index in [0.29, 0.717) is 17.5 Å². The lowest BCUT2D eigenvalue weighted by molar-refractivity contribution is -0.119. The van der Waals surface area contributed by atoms with Gasteiger partial charge in [0.05, 0.1) is 23.6 Å². The molecule has 1 unspecified atom stereocenters. The van der Waals surface area contributed by atoms with Gasteiger partial charge in [-0.15, -0.1) is 0 Å². The van der Waals surface area contributed by atoms with Crippen molar-refractivity contribution in [1.29, 1.82) is 0 Å². The van der Waals surface area contributed by atoms with Crippen molar-refractivity contribution in [2.24, 2.45) is 5.73 Å². The number of methoxy groups -OCH3 is 1. The minimum atomic E-state index is -3.91. The van der Waals surface area contributed by atoms with Gasteiger partial charge in [-0.05, 0) is 35.7 Å². The zero-order valence-corrected chi connectivity index (χ0v) is 15.5. The highest BCUT2D eigenvalue weighted by molar-refractivity contribution is 7.92. The molecule has 0 radical (unpaired) electrons. The predicted molar refractivity (Wildman–Crippen MR) is 99.5 cm³/mol. The van der Waals surface area contributed by atoms with Crippen molar-refractivity contribution in [2.75, 3.05) is 7.11 Å². The molecule has 142 valence electrons. The molecule has 1 amide bonds. The maximum Gasteiger partial charge on any atom is 0.338 e. The first-order chi connectivity index (χ1) is 12.8. The molecule has 8 heteroatoms. The summed E-state index contributed by atoms with van der Waals surface area (Å²) >= 11 is 0. The summed E-state index contributed by atoms with van der Waals surface area (Å²) in [5.41, 5.74) is 7.34. The van der Waals surface area contributed by atoms with Gasteiger partial charge < -0.3 is 15.8 Å². The van der Waals surface area contributed by atoms with E-state index in [4.69, 9.17) is 10.5 Å². The predicted octanol–water partition coefficient (Wildman–Crippen LogP) is 1.48. The number of hydrogen-bond acceptors (Lipinski definition) is 6. The summed E-state index contributed by atoms with van der Waals surface area (Å²) in [6.45, 7) is 0. The van der Waals surface area contributed by atoms with Crippen LogP contribution >= 0.6 is 0 Å². The molecule has 3 N–H and O–H groups in total. The molecule has 3 rings (SSSR count). The second-order valence-corrected chi connectivity index (χ2v) is 8.39. The van der Waals surface area contributed by atoms with Crippen LogP contribution in [0.3, 0.4) is 0 Å². The van der Waals surface area contributed by atoms with Crippen LogP contribution < -0.4 is 11.1 Å². The largest absolute Gasteiger partial charge is 0.465 e. The number of nitrogens with one attached hydrogen (secondary N) is 1. The van der Waals surface area contributed by atoms with E-state index in [1.807, 2.05) is 6.07 Å². The van der Waals surface area contributed by atoms with Crippen LogP contribution in [0.25, 0.3) is 11.1 Å². The van der Waals surface area contributed by atoms with Crippen LogP contribution in [0.2, 0.25) is 0 Å². The Morgan fingerprint density at radius 2 is 1.93 bits per heavy atom. The summed E-state index contributed by atoms with van der Waals surface area (Å²) < 4.78 is 30.7. The molecular formula is C19H20N2O5S. The smallest absolute Gasteiger partial charge is 0.338 e. The van der Waals surface area contributed by atoms with Gasteiger partial charge in [0.1, 0.15) is 5.37 Å². The number of nitrogens with two attached hydrogens (primary N) is 1. The lowest BCUT2D eigenvalue weighted by Crippen LogP contribution is -2.47. The first-order valence-corrected chi connectivity index (χ1v) is 9.96. The molecule has 0 aromatic heterocycles. The monoisotopic (exact) mass is 388 g/mol. The average molecular weight is 388 g/mol. The van der Waals surface area contributed by atoms with Crippen LogP contribution in [0.15, 0.2) is 53.4 Å². The van der Waals surface area contributed by atoms with Crippen LogP contribution in [0.1, 0.15) is 23.2 Å². The second-order valence-electron chi connectivity index (χ2n) is 6.29. The summed E-state index contributed by atoms with van der Waals surface area (Å²) in [7, 11) is -2.65. The molecule has 2 aromatic rings. The fourth-order valence-corrected chi connectivity index (χ4v) is 4.59. The van der Waals surface area contributed by atoms with Crippen LogP contribution in [0, 0.1) is 0 Å². The Kier molecular flexibility index (Phi) is 5.29. The topological polar surface area (TPSA) is 116 Å². The van der Waals surface area contributed by atoms with Gasteiger partial charge in [-0.1, -0.05) is 30.3 Å². The van der Waals surface area contributed by atoms with Crippen LogP contribution in [0.5, 0.6) is 0 Å². The number of carbonyl (C=O) groups is 2. The second kappa shape index (κ2) is 7.50. The highest BCUT2D eigenvalue weighted by Crippen LogP contribution is 2.29. The van der Waals surface area contributed by atoms with Crippen molar-refractivity contribution in [1.82, 2.24) is 5.32 Å². The number of benzene rings is 2. The van der Waals surface area contributed by atoms with Gasteiger partial charge in [-0.25, -0.2) is 13.2 Å². The Hall–Kier alpha value is -2.71. The summed E-state index contributed by atoms with van der Waals surface area (Å²) in [5, 5.41) is 1.33.